The Morgan fingerprint density at radius 2 is 1.65 bits per heavy atom. The molecule has 1 saturated heterocycles. The van der Waals surface area contributed by atoms with Crippen molar-refractivity contribution < 1.29 is 85.3 Å². The van der Waals surface area contributed by atoms with Crippen LogP contribution in [0.2, 0.25) is 0 Å². The number of phosphoric ester groups is 3. The maximum absolute atomic E-state index is 12.7. The van der Waals surface area contributed by atoms with Crippen molar-refractivity contribution in [2.75, 3.05) is 37.8 Å². The number of ketones is 1. The molecule has 0 bridgehead atoms. The largest absolute Gasteiger partial charge is 0.481 e. The third-order valence-electron chi connectivity index (χ3n) is 8.63. The zero-order valence-corrected chi connectivity index (χ0v) is 36.4. The summed E-state index contributed by atoms with van der Waals surface area (Å²) in [5.74, 6) is -0.914. The van der Waals surface area contributed by atoms with Gasteiger partial charge in [-0.1, -0.05) is 39.0 Å². The van der Waals surface area contributed by atoms with E-state index in [1.54, 1.807) is 0 Å². The number of anilines is 1. The molecule has 10 N–H and O–H groups in total. The Hall–Kier alpha value is -2.77. The minimum Gasteiger partial charge on any atom is -0.386 e. The predicted octanol–water partition coefficient (Wildman–Crippen LogP) is 0.984. The van der Waals surface area contributed by atoms with Gasteiger partial charge >= 0.3 is 23.5 Å². The van der Waals surface area contributed by atoms with E-state index in [2.05, 4.69) is 34.4 Å². The van der Waals surface area contributed by atoms with E-state index in [1.165, 1.54) is 13.8 Å². The SMILES string of the molecule is CCCC(=O)CCCCCC(=O)SCCNC(=O)CCNC(=O)C(O)C(C)(C)COP(=O)(O)OP(=O)(O)OCC1OC(n2cnc3c(N)ncnc32)C(O)C1OP(=O)(O)O. The highest BCUT2D eigenvalue weighted by Crippen LogP contribution is 2.61. The molecule has 3 rings (SSSR count). The molecule has 3 heterocycles. The van der Waals surface area contributed by atoms with Gasteiger partial charge in [-0.05, 0) is 19.3 Å². The highest BCUT2D eigenvalue weighted by molar-refractivity contribution is 8.13. The number of ether oxygens (including phenoxy) is 1. The molecule has 2 amide bonds. The number of nitrogens with one attached hydrogen (secondary N) is 2. The molecule has 0 spiro atoms. The number of carbonyl (C=O) groups excluding carboxylic acids is 4. The number of thioether (sulfide) groups is 1. The number of aliphatic hydroxyl groups is 2. The highest BCUT2D eigenvalue weighted by atomic mass is 32.2. The standard InChI is InChI=1S/C31H52N7O18P3S/c1-4-8-19(39)9-6-5-7-10-22(41)60-14-13-33-21(40)11-12-34-29(44)26(43)31(2,3)16-53-59(50,51)56-58(48,49)52-15-20-25(55-57(45,46)47)24(42)30(54-20)38-18-37-23-27(32)35-17-36-28(23)38/h17-18,20,24-26,30,42-43H,4-16H2,1-3H3,(H,33,40)(H,34,44)(H,48,49)(H,50,51)(H2,32,35,36)(H2,45,46,47). The van der Waals surface area contributed by atoms with E-state index in [0.717, 1.165) is 48.2 Å². The Balaban J connectivity index is 1.41. The molecule has 7 unspecified atom stereocenters. The van der Waals surface area contributed by atoms with Crippen molar-refractivity contribution >= 4 is 74.9 Å². The Bertz CT molecular complexity index is 1940. The fourth-order valence-electron chi connectivity index (χ4n) is 5.54. The number of hydrogen-bond acceptors (Lipinski definition) is 19. The number of carbonyl (C=O) groups is 4. The maximum Gasteiger partial charge on any atom is 0.481 e. The molecule has 1 aliphatic heterocycles. The minimum absolute atomic E-state index is 0.0268. The van der Waals surface area contributed by atoms with Crippen LogP contribution in [0.15, 0.2) is 12.7 Å². The number of Topliss-reactive ketones (excluding diaryl/α,β-unsaturated/α-hetero) is 1. The number of nitrogen functional groups attached to an aromatic ring is 1. The van der Waals surface area contributed by atoms with Crippen LogP contribution in [-0.2, 0) is 55.5 Å². The van der Waals surface area contributed by atoms with Crippen molar-refractivity contribution in [1.29, 1.82) is 0 Å². The van der Waals surface area contributed by atoms with Gasteiger partial charge in [0.2, 0.25) is 11.8 Å². The van der Waals surface area contributed by atoms with Crippen LogP contribution in [0, 0.1) is 5.41 Å². The molecule has 1 fully saturated rings. The summed E-state index contributed by atoms with van der Waals surface area (Å²) < 4.78 is 62.2. The summed E-state index contributed by atoms with van der Waals surface area (Å²) in [6.45, 7) is 2.40. The van der Waals surface area contributed by atoms with Gasteiger partial charge in [0, 0.05) is 49.9 Å². The predicted molar refractivity (Wildman–Crippen MR) is 210 cm³/mol. The number of nitrogens with two attached hydrogens (primary N) is 1. The summed E-state index contributed by atoms with van der Waals surface area (Å²) >= 11 is 1.08. The van der Waals surface area contributed by atoms with Crippen molar-refractivity contribution in [3.05, 3.63) is 12.7 Å². The van der Waals surface area contributed by atoms with Gasteiger partial charge in [-0.15, -0.1) is 0 Å². The number of hydrogen-bond donors (Lipinski definition) is 9. The van der Waals surface area contributed by atoms with Gasteiger partial charge in [0.25, 0.3) is 0 Å². The van der Waals surface area contributed by atoms with E-state index in [9.17, 15) is 62.7 Å². The van der Waals surface area contributed by atoms with Crippen molar-refractivity contribution in [3.63, 3.8) is 0 Å². The molecular weight excluding hydrogens is 883 g/mol. The quantitative estimate of drug-likeness (QED) is 0.0445. The number of rotatable bonds is 27. The molecule has 25 nitrogen and oxygen atoms in total. The number of nitrogens with zero attached hydrogens (tertiary/aromatic N) is 4. The van der Waals surface area contributed by atoms with E-state index in [0.29, 0.717) is 31.4 Å². The second-order valence-electron chi connectivity index (χ2n) is 14.1. The Morgan fingerprint density at radius 3 is 2.33 bits per heavy atom. The van der Waals surface area contributed by atoms with Crippen LogP contribution in [0.1, 0.15) is 78.4 Å². The molecule has 7 atom stereocenters. The van der Waals surface area contributed by atoms with Crippen LogP contribution in [-0.4, -0.2) is 128 Å². The van der Waals surface area contributed by atoms with E-state index >= 15 is 0 Å². The van der Waals surface area contributed by atoms with Gasteiger partial charge in [0.15, 0.2) is 22.8 Å². The molecule has 1 aliphatic rings. The number of phosphoric acid groups is 3. The summed E-state index contributed by atoms with van der Waals surface area (Å²) in [5.41, 5.74) is 4.25. The lowest BCUT2D eigenvalue weighted by Gasteiger charge is -2.30. The van der Waals surface area contributed by atoms with Crippen molar-refractivity contribution in [2.24, 2.45) is 5.41 Å². The maximum atomic E-state index is 12.7. The third kappa shape index (κ3) is 16.8. The summed E-state index contributed by atoms with van der Waals surface area (Å²) in [5, 5.41) is 26.4. The van der Waals surface area contributed by atoms with Gasteiger partial charge in [-0.25, -0.2) is 28.6 Å². The van der Waals surface area contributed by atoms with Crippen molar-refractivity contribution in [2.45, 2.75) is 103 Å². The van der Waals surface area contributed by atoms with E-state index in [-0.39, 0.29) is 47.4 Å². The van der Waals surface area contributed by atoms with Gasteiger partial charge in [-0.2, -0.15) is 4.31 Å². The van der Waals surface area contributed by atoms with Crippen molar-refractivity contribution in [3.8, 4) is 0 Å². The van der Waals surface area contributed by atoms with Gasteiger partial charge in [0.05, 0.1) is 19.5 Å². The zero-order chi connectivity index (χ0) is 44.9. The monoisotopic (exact) mass is 935 g/mol. The lowest BCUT2D eigenvalue weighted by atomic mass is 9.87. The molecule has 0 aliphatic carbocycles. The van der Waals surface area contributed by atoms with Gasteiger partial charge in [-0.3, -0.25) is 37.3 Å². The minimum atomic E-state index is -5.58. The van der Waals surface area contributed by atoms with Crippen LogP contribution in [0.25, 0.3) is 11.2 Å². The third-order valence-corrected chi connectivity index (χ3v) is 12.7. The van der Waals surface area contributed by atoms with E-state index < -0.39 is 84.6 Å². The molecule has 0 aromatic carbocycles. The number of unbranched alkanes of at least 4 members (excludes halogenated alkanes) is 2. The van der Waals surface area contributed by atoms with Crippen LogP contribution >= 0.6 is 35.2 Å². The molecular formula is C31H52N7O18P3S. The van der Waals surface area contributed by atoms with Crippen LogP contribution in [0.5, 0.6) is 0 Å². The molecule has 29 heteroatoms. The molecule has 340 valence electrons. The lowest BCUT2D eigenvalue weighted by molar-refractivity contribution is -0.137. The highest BCUT2D eigenvalue weighted by Gasteiger charge is 2.50. The van der Waals surface area contributed by atoms with Crippen molar-refractivity contribution in [1.82, 2.24) is 30.2 Å². The number of fused-ring (bicyclic) bond motifs is 1. The first-order valence-electron chi connectivity index (χ1n) is 18.5. The van der Waals surface area contributed by atoms with Crippen LogP contribution < -0.4 is 16.4 Å². The number of imidazole rings is 1. The Labute approximate surface area is 348 Å². The Morgan fingerprint density at radius 1 is 0.967 bits per heavy atom. The fraction of sp³-hybridized carbons (Fsp3) is 0.710. The number of aliphatic hydroxyl groups excluding tert-OH is 2. The molecule has 2 aromatic rings. The van der Waals surface area contributed by atoms with E-state index in [1.807, 2.05) is 6.92 Å². The van der Waals surface area contributed by atoms with Gasteiger partial charge in [0.1, 0.15) is 42.0 Å². The number of aromatic nitrogens is 4. The second kappa shape index (κ2) is 23.1. The number of amides is 2. The normalized spacial score (nSPS) is 20.9. The second-order valence-corrected chi connectivity index (χ2v) is 19.5. The summed E-state index contributed by atoms with van der Waals surface area (Å²) in [6, 6.07) is 0. The Kier molecular flexibility index (Phi) is 19.8. The first-order valence-corrected chi connectivity index (χ1v) is 24.0. The topological polar surface area (TPSA) is 381 Å². The lowest BCUT2D eigenvalue weighted by Crippen LogP contribution is -2.46. The average molecular weight is 936 g/mol. The summed E-state index contributed by atoms with van der Waals surface area (Å²) in [6.07, 6.45) is -2.48. The van der Waals surface area contributed by atoms with E-state index in [4.69, 9.17) is 19.5 Å². The van der Waals surface area contributed by atoms with Crippen LogP contribution in [0.3, 0.4) is 0 Å². The molecule has 60 heavy (non-hydrogen) atoms. The molecule has 0 saturated carbocycles. The summed E-state index contributed by atoms with van der Waals surface area (Å²) in [7, 11) is -16.4. The fourth-order valence-corrected chi connectivity index (χ4v) is 9.09. The smallest absolute Gasteiger partial charge is 0.386 e. The van der Waals surface area contributed by atoms with Crippen LogP contribution in [0.4, 0.5) is 5.82 Å². The van der Waals surface area contributed by atoms with Gasteiger partial charge < -0.3 is 50.9 Å². The molecule has 2 aromatic heterocycles. The summed E-state index contributed by atoms with van der Waals surface area (Å²) in [4.78, 5) is 99.4. The first-order chi connectivity index (χ1) is 27.9. The first kappa shape index (κ1) is 51.6. The zero-order valence-electron chi connectivity index (χ0n) is 32.9. The molecule has 0 radical (unpaired) electrons. The average Bonchev–Trinajstić information content (AvgIpc) is 3.71.